The second-order valence-corrected chi connectivity index (χ2v) is 6.73. The van der Waals surface area contributed by atoms with Crippen LogP contribution in [-0.2, 0) is 0 Å². The fourth-order valence-electron chi connectivity index (χ4n) is 3.09. The van der Waals surface area contributed by atoms with E-state index in [-0.39, 0.29) is 0 Å². The average Bonchev–Trinajstić information content (AvgIpc) is 2.70. The summed E-state index contributed by atoms with van der Waals surface area (Å²) in [5.74, 6) is 0. The number of aryl methyl sites for hydroxylation is 2. The maximum absolute atomic E-state index is 13.0. The summed E-state index contributed by atoms with van der Waals surface area (Å²) in [7, 11) is 0. The van der Waals surface area contributed by atoms with E-state index in [0.29, 0.717) is 17.1 Å². The van der Waals surface area contributed by atoms with Gasteiger partial charge in [-0.3, -0.25) is 0 Å². The predicted octanol–water partition coefficient (Wildman–Crippen LogP) is 5.33. The fraction of sp³-hybridized carbons (Fsp3) is 0.0833. The number of benzene rings is 2. The van der Waals surface area contributed by atoms with Crippen LogP contribution in [0.25, 0.3) is 33.9 Å². The zero-order valence-corrected chi connectivity index (χ0v) is 15.4. The molecule has 2 aromatic heterocycles. The third-order valence-electron chi connectivity index (χ3n) is 4.65. The Morgan fingerprint density at radius 3 is 1.78 bits per heavy atom. The number of pyridine rings is 2. The minimum atomic E-state index is 0.544. The van der Waals surface area contributed by atoms with Crippen LogP contribution in [0, 0.1) is 19.1 Å². The second-order valence-electron chi connectivity index (χ2n) is 6.73. The molecule has 3 heteroatoms. The highest BCUT2D eigenvalue weighted by atomic mass is 16.5. The smallest absolute Gasteiger partial charge is 0.242 e. The van der Waals surface area contributed by atoms with Gasteiger partial charge < -0.3 is 5.21 Å². The van der Waals surface area contributed by atoms with Crippen LogP contribution in [0.1, 0.15) is 11.1 Å². The summed E-state index contributed by atoms with van der Waals surface area (Å²) in [6, 6.07) is 27.5. The fourth-order valence-corrected chi connectivity index (χ4v) is 3.09. The third kappa shape index (κ3) is 3.44. The van der Waals surface area contributed by atoms with Gasteiger partial charge in [0.2, 0.25) is 11.4 Å². The zero-order chi connectivity index (χ0) is 18.8. The first-order valence-electron chi connectivity index (χ1n) is 8.96. The standard InChI is InChI=1S/C24H20N2O/c1-17-9-13-19(14-10-17)21-5-3-6-22(25-21)24-8-4-7-23(26(24)27)20-15-11-18(2)12-16-20/h3-16H,1-2H3. The molecule has 0 saturated carbocycles. The molecular formula is C24H20N2O. The molecule has 0 bridgehead atoms. The monoisotopic (exact) mass is 352 g/mol. The van der Waals surface area contributed by atoms with Crippen molar-refractivity contribution in [1.29, 1.82) is 0 Å². The molecule has 132 valence electrons. The summed E-state index contributed by atoms with van der Waals surface area (Å²) in [5.41, 5.74) is 6.99. The van der Waals surface area contributed by atoms with E-state index in [1.807, 2.05) is 67.6 Å². The molecule has 0 saturated heterocycles. The minimum Gasteiger partial charge on any atom is -0.618 e. The van der Waals surface area contributed by atoms with Crippen LogP contribution in [-0.4, -0.2) is 4.98 Å². The molecule has 0 unspecified atom stereocenters. The molecule has 4 rings (SSSR count). The zero-order valence-electron chi connectivity index (χ0n) is 15.4. The van der Waals surface area contributed by atoms with Crippen LogP contribution in [0.5, 0.6) is 0 Å². The highest BCUT2D eigenvalue weighted by Gasteiger charge is 2.16. The molecule has 2 aromatic carbocycles. The maximum atomic E-state index is 13.0. The Morgan fingerprint density at radius 1 is 0.593 bits per heavy atom. The van der Waals surface area contributed by atoms with E-state index in [0.717, 1.165) is 21.6 Å². The molecule has 0 aliphatic heterocycles. The Bertz CT molecular complexity index is 1080. The molecular weight excluding hydrogens is 332 g/mol. The minimum absolute atomic E-state index is 0.544. The van der Waals surface area contributed by atoms with E-state index in [1.165, 1.54) is 11.1 Å². The number of hydrogen-bond acceptors (Lipinski definition) is 2. The molecule has 27 heavy (non-hydrogen) atoms. The SMILES string of the molecule is Cc1ccc(-c2cccc(-c3cccc(-c4ccc(C)cc4)[n+]3[O-])n2)cc1. The molecule has 0 aliphatic carbocycles. The van der Waals surface area contributed by atoms with Gasteiger partial charge in [-0.2, -0.15) is 4.73 Å². The van der Waals surface area contributed by atoms with Crippen LogP contribution in [0.2, 0.25) is 0 Å². The molecule has 4 aromatic rings. The first kappa shape index (κ1) is 17.0. The maximum Gasteiger partial charge on any atom is 0.242 e. The Morgan fingerprint density at radius 2 is 1.11 bits per heavy atom. The van der Waals surface area contributed by atoms with Crippen molar-refractivity contribution in [2.75, 3.05) is 0 Å². The van der Waals surface area contributed by atoms with Crippen LogP contribution in [0.3, 0.4) is 0 Å². The van der Waals surface area contributed by atoms with Crippen LogP contribution < -0.4 is 4.73 Å². The summed E-state index contributed by atoms with van der Waals surface area (Å²) >= 11 is 0. The van der Waals surface area contributed by atoms with E-state index in [2.05, 4.69) is 31.2 Å². The van der Waals surface area contributed by atoms with Crippen molar-refractivity contribution in [2.45, 2.75) is 13.8 Å². The molecule has 0 spiro atoms. The van der Waals surface area contributed by atoms with Crippen molar-refractivity contribution in [3.05, 3.63) is 101 Å². The molecule has 0 aliphatic rings. The van der Waals surface area contributed by atoms with E-state index in [1.54, 1.807) is 0 Å². The molecule has 0 radical (unpaired) electrons. The Hall–Kier alpha value is -3.46. The predicted molar refractivity (Wildman–Crippen MR) is 109 cm³/mol. The quantitative estimate of drug-likeness (QED) is 0.369. The lowest BCUT2D eigenvalue weighted by atomic mass is 10.1. The van der Waals surface area contributed by atoms with E-state index < -0.39 is 0 Å². The van der Waals surface area contributed by atoms with Crippen LogP contribution >= 0.6 is 0 Å². The van der Waals surface area contributed by atoms with Gasteiger partial charge in [0, 0.05) is 23.3 Å². The average molecular weight is 352 g/mol. The largest absolute Gasteiger partial charge is 0.618 e. The van der Waals surface area contributed by atoms with Gasteiger partial charge in [0.1, 0.15) is 5.69 Å². The van der Waals surface area contributed by atoms with Gasteiger partial charge >= 0.3 is 0 Å². The van der Waals surface area contributed by atoms with Gasteiger partial charge in [0.05, 0.1) is 5.69 Å². The molecule has 2 heterocycles. The summed E-state index contributed by atoms with van der Waals surface area (Å²) in [5, 5.41) is 13.0. The molecule has 0 amide bonds. The van der Waals surface area contributed by atoms with Crippen molar-refractivity contribution >= 4 is 0 Å². The first-order chi connectivity index (χ1) is 13.1. The van der Waals surface area contributed by atoms with E-state index in [4.69, 9.17) is 4.98 Å². The highest BCUT2D eigenvalue weighted by molar-refractivity contribution is 5.65. The Kier molecular flexibility index (Phi) is 4.43. The first-order valence-corrected chi connectivity index (χ1v) is 8.96. The van der Waals surface area contributed by atoms with Crippen LogP contribution in [0.4, 0.5) is 0 Å². The lowest BCUT2D eigenvalue weighted by molar-refractivity contribution is -0.582. The second kappa shape index (κ2) is 7.04. The molecule has 0 fully saturated rings. The van der Waals surface area contributed by atoms with Gasteiger partial charge in [-0.15, -0.1) is 0 Å². The van der Waals surface area contributed by atoms with Gasteiger partial charge in [-0.25, -0.2) is 4.98 Å². The summed E-state index contributed by atoms with van der Waals surface area (Å²) in [4.78, 5) is 4.73. The van der Waals surface area contributed by atoms with Crippen molar-refractivity contribution < 1.29 is 4.73 Å². The van der Waals surface area contributed by atoms with Crippen molar-refractivity contribution in [3.8, 4) is 33.9 Å². The van der Waals surface area contributed by atoms with Crippen LogP contribution in [0.15, 0.2) is 84.9 Å². The number of hydrogen-bond donors (Lipinski definition) is 0. The Labute approximate surface area is 159 Å². The summed E-state index contributed by atoms with van der Waals surface area (Å²) < 4.78 is 0.964. The number of rotatable bonds is 3. The van der Waals surface area contributed by atoms with E-state index in [9.17, 15) is 5.21 Å². The van der Waals surface area contributed by atoms with E-state index >= 15 is 0 Å². The normalized spacial score (nSPS) is 10.7. The van der Waals surface area contributed by atoms with Crippen molar-refractivity contribution in [2.24, 2.45) is 0 Å². The summed E-state index contributed by atoms with van der Waals surface area (Å²) in [6.07, 6.45) is 0. The molecule has 3 nitrogen and oxygen atoms in total. The summed E-state index contributed by atoms with van der Waals surface area (Å²) in [6.45, 7) is 4.09. The third-order valence-corrected chi connectivity index (χ3v) is 4.65. The lowest BCUT2D eigenvalue weighted by Gasteiger charge is -2.10. The topological polar surface area (TPSA) is 39.8 Å². The number of aromatic nitrogens is 2. The number of nitrogens with zero attached hydrogens (tertiary/aromatic N) is 2. The van der Waals surface area contributed by atoms with Gasteiger partial charge in [-0.05, 0) is 44.2 Å². The molecule has 0 N–H and O–H groups in total. The van der Waals surface area contributed by atoms with Gasteiger partial charge in [0.25, 0.3) is 0 Å². The van der Waals surface area contributed by atoms with Crippen molar-refractivity contribution in [1.82, 2.24) is 4.98 Å². The van der Waals surface area contributed by atoms with Gasteiger partial charge in [-0.1, -0.05) is 53.6 Å². The highest BCUT2D eigenvalue weighted by Crippen LogP contribution is 2.23. The van der Waals surface area contributed by atoms with Gasteiger partial charge in [0.15, 0.2) is 0 Å². The Balaban J connectivity index is 1.78. The molecule has 0 atom stereocenters. The van der Waals surface area contributed by atoms with Crippen molar-refractivity contribution in [3.63, 3.8) is 0 Å². The lowest BCUT2D eigenvalue weighted by Crippen LogP contribution is -2.32.